The lowest BCUT2D eigenvalue weighted by atomic mass is 9.94. The van der Waals surface area contributed by atoms with Gasteiger partial charge in [-0.25, -0.2) is 4.79 Å². The van der Waals surface area contributed by atoms with Gasteiger partial charge in [0.2, 0.25) is 0 Å². The van der Waals surface area contributed by atoms with Gasteiger partial charge in [0.15, 0.2) is 0 Å². The van der Waals surface area contributed by atoms with Crippen LogP contribution in [0.15, 0.2) is 0 Å². The van der Waals surface area contributed by atoms with Crippen LogP contribution in [0.3, 0.4) is 0 Å². The molecular weight excluding hydrogens is 272 g/mol. The first-order valence-corrected chi connectivity index (χ1v) is 8.03. The fourth-order valence-corrected chi connectivity index (χ4v) is 3.14. The Morgan fingerprint density at radius 2 is 1.48 bits per heavy atom. The van der Waals surface area contributed by atoms with Crippen LogP contribution in [0.2, 0.25) is 0 Å². The molecule has 6 heteroatoms. The maximum absolute atomic E-state index is 12.8. The molecule has 0 atom stereocenters. The number of aliphatic hydroxyl groups is 1. The Bertz CT molecular complexity index is 365. The minimum absolute atomic E-state index is 0.0140. The van der Waals surface area contributed by atoms with E-state index in [1.54, 1.807) is 9.80 Å². The summed E-state index contributed by atoms with van der Waals surface area (Å²) in [6, 6.07) is 0.311. The lowest BCUT2D eigenvalue weighted by Crippen LogP contribution is -2.51. The molecule has 0 aliphatic heterocycles. The summed E-state index contributed by atoms with van der Waals surface area (Å²) in [5.41, 5.74) is 0. The lowest BCUT2D eigenvalue weighted by Gasteiger charge is -2.37. The number of rotatable bonds is 7. The van der Waals surface area contributed by atoms with Crippen molar-refractivity contribution in [2.75, 3.05) is 19.7 Å². The molecule has 2 aliphatic carbocycles. The molecule has 0 unspecified atom stereocenters. The maximum atomic E-state index is 12.8. The normalized spacial score (nSPS) is 19.3. The molecule has 0 heterocycles. The number of aliphatic hydroxyl groups excluding tert-OH is 1. The summed E-state index contributed by atoms with van der Waals surface area (Å²) in [5, 5.41) is 18.1. The fourth-order valence-electron chi connectivity index (χ4n) is 3.14. The van der Waals surface area contributed by atoms with Crippen molar-refractivity contribution in [3.05, 3.63) is 0 Å². The molecule has 2 N–H and O–H groups in total. The Kier molecular flexibility index (Phi) is 5.85. The van der Waals surface area contributed by atoms with Crippen LogP contribution in [0, 0.1) is 0 Å². The minimum atomic E-state index is -0.875. The van der Waals surface area contributed by atoms with Crippen molar-refractivity contribution in [2.24, 2.45) is 0 Å². The summed E-state index contributed by atoms with van der Waals surface area (Å²) >= 11 is 0. The molecule has 2 aliphatic rings. The van der Waals surface area contributed by atoms with E-state index in [-0.39, 0.29) is 37.7 Å². The molecule has 21 heavy (non-hydrogen) atoms. The van der Waals surface area contributed by atoms with E-state index < -0.39 is 5.97 Å². The lowest BCUT2D eigenvalue weighted by molar-refractivity contribution is -0.137. The van der Waals surface area contributed by atoms with Gasteiger partial charge in [0, 0.05) is 25.2 Å². The molecule has 0 aromatic rings. The number of carbonyl (C=O) groups is 2. The molecule has 0 bridgehead atoms. The third kappa shape index (κ3) is 4.59. The Labute approximate surface area is 125 Å². The summed E-state index contributed by atoms with van der Waals surface area (Å²) < 4.78 is 0. The zero-order valence-electron chi connectivity index (χ0n) is 12.5. The second-order valence-corrected chi connectivity index (χ2v) is 6.06. The van der Waals surface area contributed by atoms with Crippen molar-refractivity contribution in [1.82, 2.24) is 9.80 Å². The molecule has 2 amide bonds. The van der Waals surface area contributed by atoms with Gasteiger partial charge in [-0.3, -0.25) is 4.79 Å². The SMILES string of the molecule is O=C(O)CCN(C(=O)N(CCO)C1CCCCC1)C1CC1. The topological polar surface area (TPSA) is 81.1 Å². The van der Waals surface area contributed by atoms with Gasteiger partial charge in [0.1, 0.15) is 0 Å². The van der Waals surface area contributed by atoms with E-state index in [0.29, 0.717) is 6.54 Å². The standard InChI is InChI=1S/C15H26N2O4/c18-11-10-17(12-4-2-1-3-5-12)15(21)16(13-6-7-13)9-8-14(19)20/h12-13,18H,1-11H2,(H,19,20). The number of hydrogen-bond donors (Lipinski definition) is 2. The first kappa shape index (κ1) is 16.1. The van der Waals surface area contributed by atoms with E-state index >= 15 is 0 Å². The van der Waals surface area contributed by atoms with Crippen molar-refractivity contribution in [3.8, 4) is 0 Å². The van der Waals surface area contributed by atoms with Crippen molar-refractivity contribution in [2.45, 2.75) is 63.5 Å². The third-order valence-corrected chi connectivity index (χ3v) is 4.40. The van der Waals surface area contributed by atoms with Crippen molar-refractivity contribution in [3.63, 3.8) is 0 Å². The van der Waals surface area contributed by atoms with Crippen LogP contribution in [0.1, 0.15) is 51.4 Å². The smallest absolute Gasteiger partial charge is 0.320 e. The number of hydrogen-bond acceptors (Lipinski definition) is 3. The number of aliphatic carboxylic acids is 1. The number of amides is 2. The second kappa shape index (κ2) is 7.64. The first-order chi connectivity index (χ1) is 10.1. The average molecular weight is 298 g/mol. The van der Waals surface area contributed by atoms with E-state index in [1.807, 2.05) is 0 Å². The highest BCUT2D eigenvalue weighted by molar-refractivity contribution is 5.76. The Morgan fingerprint density at radius 1 is 0.905 bits per heavy atom. The fraction of sp³-hybridized carbons (Fsp3) is 0.867. The van der Waals surface area contributed by atoms with E-state index in [1.165, 1.54) is 6.42 Å². The second-order valence-electron chi connectivity index (χ2n) is 6.06. The number of carboxylic acid groups (broad SMARTS) is 1. The van der Waals surface area contributed by atoms with Crippen molar-refractivity contribution in [1.29, 1.82) is 0 Å². The molecule has 2 saturated carbocycles. The summed E-state index contributed by atoms with van der Waals surface area (Å²) in [5.74, 6) is -0.875. The van der Waals surface area contributed by atoms with E-state index in [2.05, 4.69) is 0 Å². The highest BCUT2D eigenvalue weighted by atomic mass is 16.4. The van der Waals surface area contributed by atoms with Crippen molar-refractivity contribution < 1.29 is 19.8 Å². The molecule has 2 fully saturated rings. The summed E-state index contributed by atoms with van der Waals surface area (Å²) in [4.78, 5) is 27.0. The molecule has 0 saturated heterocycles. The van der Waals surface area contributed by atoms with Gasteiger partial charge in [-0.2, -0.15) is 0 Å². The van der Waals surface area contributed by atoms with Gasteiger partial charge in [0.05, 0.1) is 13.0 Å². The molecule has 2 rings (SSSR count). The van der Waals surface area contributed by atoms with E-state index in [9.17, 15) is 14.7 Å². The molecular formula is C15H26N2O4. The monoisotopic (exact) mass is 298 g/mol. The van der Waals surface area contributed by atoms with Crippen LogP contribution < -0.4 is 0 Å². The number of carboxylic acids is 1. The molecule has 0 spiro atoms. The Hall–Kier alpha value is -1.30. The molecule has 120 valence electrons. The maximum Gasteiger partial charge on any atom is 0.320 e. The number of urea groups is 1. The zero-order chi connectivity index (χ0) is 15.2. The van der Waals surface area contributed by atoms with Gasteiger partial charge < -0.3 is 20.0 Å². The Morgan fingerprint density at radius 3 is 2.00 bits per heavy atom. The van der Waals surface area contributed by atoms with Crippen LogP contribution in [-0.4, -0.2) is 63.8 Å². The van der Waals surface area contributed by atoms with Crippen LogP contribution in [0.25, 0.3) is 0 Å². The van der Waals surface area contributed by atoms with Crippen LogP contribution in [-0.2, 0) is 4.79 Å². The van der Waals surface area contributed by atoms with Gasteiger partial charge in [0.25, 0.3) is 0 Å². The van der Waals surface area contributed by atoms with Gasteiger partial charge >= 0.3 is 12.0 Å². The predicted octanol–water partition coefficient (Wildman–Crippen LogP) is 1.67. The van der Waals surface area contributed by atoms with Crippen molar-refractivity contribution >= 4 is 12.0 Å². The summed E-state index contributed by atoms with van der Waals surface area (Å²) in [6.45, 7) is 0.576. The number of nitrogens with zero attached hydrogens (tertiary/aromatic N) is 2. The highest BCUT2D eigenvalue weighted by Gasteiger charge is 2.37. The van der Waals surface area contributed by atoms with Crippen LogP contribution in [0.5, 0.6) is 0 Å². The average Bonchev–Trinajstić information content (AvgIpc) is 3.30. The summed E-state index contributed by atoms with van der Waals surface area (Å²) in [6.07, 6.45) is 7.35. The quantitative estimate of drug-likeness (QED) is 0.749. The summed E-state index contributed by atoms with van der Waals surface area (Å²) in [7, 11) is 0. The molecule has 0 aromatic heterocycles. The first-order valence-electron chi connectivity index (χ1n) is 8.03. The zero-order valence-corrected chi connectivity index (χ0v) is 12.5. The molecule has 6 nitrogen and oxygen atoms in total. The van der Waals surface area contributed by atoms with E-state index in [4.69, 9.17) is 5.11 Å². The van der Waals surface area contributed by atoms with E-state index in [0.717, 1.165) is 38.5 Å². The molecule has 0 radical (unpaired) electrons. The minimum Gasteiger partial charge on any atom is -0.481 e. The number of carbonyl (C=O) groups excluding carboxylic acids is 1. The molecule has 0 aromatic carbocycles. The van der Waals surface area contributed by atoms with Gasteiger partial charge in [-0.1, -0.05) is 19.3 Å². The van der Waals surface area contributed by atoms with Crippen LogP contribution >= 0.6 is 0 Å². The predicted molar refractivity (Wildman–Crippen MR) is 78.0 cm³/mol. The largest absolute Gasteiger partial charge is 0.481 e. The van der Waals surface area contributed by atoms with Gasteiger partial charge in [-0.15, -0.1) is 0 Å². The third-order valence-electron chi connectivity index (χ3n) is 4.40. The van der Waals surface area contributed by atoms with Gasteiger partial charge in [-0.05, 0) is 25.7 Å². The van der Waals surface area contributed by atoms with Crippen LogP contribution in [0.4, 0.5) is 4.79 Å². The highest BCUT2D eigenvalue weighted by Crippen LogP contribution is 2.30. The Balaban J connectivity index is 2.01.